The summed E-state index contributed by atoms with van der Waals surface area (Å²) in [7, 11) is 0. The minimum absolute atomic E-state index is 0.658. The standard InChI is InChI=1S/C7H9NO5.C3H4O2/c1-2-5(9)8-4(7(12)13)3-6(10)11;1-2-3(4)5/h2,4H,1,3H2,(H,8,9)(H,10,11)(H,12,13);2H,1H2,(H,4,5). The number of aliphatic carboxylic acids is 3. The van der Waals surface area contributed by atoms with Gasteiger partial charge in [0.1, 0.15) is 6.04 Å². The highest BCUT2D eigenvalue weighted by Gasteiger charge is 2.21. The van der Waals surface area contributed by atoms with Crippen LogP contribution in [-0.4, -0.2) is 45.2 Å². The molecule has 1 atom stereocenters. The van der Waals surface area contributed by atoms with Gasteiger partial charge in [-0.3, -0.25) is 9.59 Å². The first-order valence-corrected chi connectivity index (χ1v) is 4.47. The maximum absolute atomic E-state index is 10.6. The number of hydrogen-bond donors (Lipinski definition) is 4. The van der Waals surface area contributed by atoms with Gasteiger partial charge in [-0.1, -0.05) is 13.2 Å². The van der Waals surface area contributed by atoms with Crippen LogP contribution in [0.3, 0.4) is 0 Å². The number of carboxylic acids is 3. The maximum Gasteiger partial charge on any atom is 0.327 e. The Morgan fingerprint density at radius 1 is 1.06 bits per heavy atom. The summed E-state index contributed by atoms with van der Waals surface area (Å²) in [5.41, 5.74) is 0. The Morgan fingerprint density at radius 2 is 1.50 bits per heavy atom. The number of carbonyl (C=O) groups is 4. The van der Waals surface area contributed by atoms with Gasteiger partial charge in [0.05, 0.1) is 6.42 Å². The van der Waals surface area contributed by atoms with Gasteiger partial charge in [0.15, 0.2) is 0 Å². The van der Waals surface area contributed by atoms with Gasteiger partial charge in [-0.05, 0) is 6.08 Å². The van der Waals surface area contributed by atoms with Crippen LogP contribution in [0, 0.1) is 0 Å². The number of carboxylic acid groups (broad SMARTS) is 3. The van der Waals surface area contributed by atoms with Gasteiger partial charge in [-0.15, -0.1) is 0 Å². The van der Waals surface area contributed by atoms with Gasteiger partial charge in [-0.25, -0.2) is 9.59 Å². The zero-order chi connectivity index (χ0) is 14.7. The van der Waals surface area contributed by atoms with E-state index in [1.54, 1.807) is 0 Å². The van der Waals surface area contributed by atoms with E-state index in [1.807, 2.05) is 5.32 Å². The first-order valence-electron chi connectivity index (χ1n) is 4.47. The summed E-state index contributed by atoms with van der Waals surface area (Å²) < 4.78 is 0. The van der Waals surface area contributed by atoms with Gasteiger partial charge < -0.3 is 20.6 Å². The van der Waals surface area contributed by atoms with Crippen molar-refractivity contribution in [3.63, 3.8) is 0 Å². The van der Waals surface area contributed by atoms with Gasteiger partial charge in [0.2, 0.25) is 5.91 Å². The summed E-state index contributed by atoms with van der Waals surface area (Å²) in [5.74, 6) is -4.38. The molecule has 0 aromatic rings. The second-order valence-corrected chi connectivity index (χ2v) is 2.74. The molecule has 0 aromatic heterocycles. The van der Waals surface area contributed by atoms with E-state index in [0.29, 0.717) is 0 Å². The monoisotopic (exact) mass is 259 g/mol. The van der Waals surface area contributed by atoms with E-state index >= 15 is 0 Å². The van der Waals surface area contributed by atoms with Crippen molar-refractivity contribution >= 4 is 23.8 Å². The van der Waals surface area contributed by atoms with E-state index in [2.05, 4.69) is 13.2 Å². The molecule has 8 heteroatoms. The lowest BCUT2D eigenvalue weighted by Crippen LogP contribution is -2.41. The first-order chi connectivity index (χ1) is 8.24. The van der Waals surface area contributed by atoms with Crippen molar-refractivity contribution in [2.45, 2.75) is 12.5 Å². The Bertz CT molecular complexity index is 361. The Balaban J connectivity index is 0. The molecule has 4 N–H and O–H groups in total. The predicted molar refractivity (Wildman–Crippen MR) is 59.8 cm³/mol. The van der Waals surface area contributed by atoms with Crippen molar-refractivity contribution in [2.24, 2.45) is 0 Å². The topological polar surface area (TPSA) is 141 Å². The fourth-order valence-corrected chi connectivity index (χ4v) is 0.605. The van der Waals surface area contributed by atoms with Crippen molar-refractivity contribution in [3.8, 4) is 0 Å². The molecular formula is C10H13NO7. The van der Waals surface area contributed by atoms with Gasteiger partial charge in [-0.2, -0.15) is 0 Å². The third kappa shape index (κ3) is 11.4. The Morgan fingerprint density at radius 3 is 1.72 bits per heavy atom. The van der Waals surface area contributed by atoms with E-state index in [-0.39, 0.29) is 0 Å². The third-order valence-electron chi connectivity index (χ3n) is 1.35. The maximum atomic E-state index is 10.6. The normalized spacial score (nSPS) is 10.0. The molecule has 0 saturated carbocycles. The summed E-state index contributed by atoms with van der Waals surface area (Å²) in [4.78, 5) is 40.4. The van der Waals surface area contributed by atoms with Crippen molar-refractivity contribution in [3.05, 3.63) is 25.3 Å². The zero-order valence-corrected chi connectivity index (χ0v) is 9.33. The third-order valence-corrected chi connectivity index (χ3v) is 1.35. The molecule has 8 nitrogen and oxygen atoms in total. The highest BCUT2D eigenvalue weighted by Crippen LogP contribution is 1.92. The Labute approximate surface area is 102 Å². The smallest absolute Gasteiger partial charge is 0.327 e. The molecule has 0 aliphatic rings. The van der Waals surface area contributed by atoms with Crippen LogP contribution >= 0.6 is 0 Å². The highest BCUT2D eigenvalue weighted by molar-refractivity contribution is 5.92. The molecule has 0 heterocycles. The van der Waals surface area contributed by atoms with Crippen LogP contribution in [-0.2, 0) is 19.2 Å². The minimum Gasteiger partial charge on any atom is -0.481 e. The lowest BCUT2D eigenvalue weighted by Gasteiger charge is -2.09. The molecule has 0 spiro atoms. The lowest BCUT2D eigenvalue weighted by atomic mass is 10.2. The highest BCUT2D eigenvalue weighted by atomic mass is 16.4. The van der Waals surface area contributed by atoms with Crippen LogP contribution in [0.5, 0.6) is 0 Å². The summed E-state index contributed by atoms with van der Waals surface area (Å²) in [5, 5.41) is 26.3. The average molecular weight is 259 g/mol. The van der Waals surface area contributed by atoms with E-state index in [0.717, 1.165) is 12.2 Å². The van der Waals surface area contributed by atoms with Crippen molar-refractivity contribution in [1.82, 2.24) is 5.32 Å². The number of nitrogens with one attached hydrogen (secondary N) is 1. The average Bonchev–Trinajstić information content (AvgIpc) is 2.27. The number of hydrogen-bond acceptors (Lipinski definition) is 4. The molecule has 0 radical (unpaired) electrons. The molecule has 0 aliphatic carbocycles. The van der Waals surface area contributed by atoms with Gasteiger partial charge >= 0.3 is 17.9 Å². The van der Waals surface area contributed by atoms with Gasteiger partial charge in [0, 0.05) is 6.08 Å². The van der Waals surface area contributed by atoms with Crippen LogP contribution < -0.4 is 5.32 Å². The summed E-state index contributed by atoms with van der Waals surface area (Å²) in [6.45, 7) is 6.06. The fourth-order valence-electron chi connectivity index (χ4n) is 0.605. The van der Waals surface area contributed by atoms with Crippen molar-refractivity contribution in [1.29, 1.82) is 0 Å². The van der Waals surface area contributed by atoms with E-state index in [1.165, 1.54) is 0 Å². The molecular weight excluding hydrogens is 246 g/mol. The SMILES string of the molecule is C=CC(=O)NC(CC(=O)O)C(=O)O.C=CC(=O)O. The lowest BCUT2D eigenvalue weighted by molar-refractivity contribution is -0.146. The van der Waals surface area contributed by atoms with Crippen LogP contribution in [0.25, 0.3) is 0 Å². The van der Waals surface area contributed by atoms with E-state index in [4.69, 9.17) is 15.3 Å². The molecule has 0 saturated heterocycles. The molecule has 0 aliphatic heterocycles. The number of carbonyl (C=O) groups excluding carboxylic acids is 1. The van der Waals surface area contributed by atoms with Crippen molar-refractivity contribution in [2.75, 3.05) is 0 Å². The molecule has 18 heavy (non-hydrogen) atoms. The van der Waals surface area contributed by atoms with Crippen LogP contribution in [0.2, 0.25) is 0 Å². The number of amides is 1. The van der Waals surface area contributed by atoms with Crippen molar-refractivity contribution < 1.29 is 34.5 Å². The molecule has 0 aromatic carbocycles. The van der Waals surface area contributed by atoms with Crippen LogP contribution in [0.4, 0.5) is 0 Å². The Hall–Kier alpha value is -2.64. The van der Waals surface area contributed by atoms with E-state index < -0.39 is 36.3 Å². The second-order valence-electron chi connectivity index (χ2n) is 2.74. The van der Waals surface area contributed by atoms with Crippen LogP contribution in [0.15, 0.2) is 25.3 Å². The number of rotatable bonds is 6. The molecule has 0 fully saturated rings. The quantitative estimate of drug-likeness (QED) is 0.470. The predicted octanol–water partition coefficient (Wildman–Crippen LogP) is -0.526. The largest absolute Gasteiger partial charge is 0.481 e. The molecule has 0 bridgehead atoms. The summed E-state index contributed by atoms with van der Waals surface area (Å²) >= 11 is 0. The molecule has 100 valence electrons. The first kappa shape index (κ1) is 17.7. The molecule has 0 rings (SSSR count). The fraction of sp³-hybridized carbons (Fsp3) is 0.200. The zero-order valence-electron chi connectivity index (χ0n) is 9.33. The van der Waals surface area contributed by atoms with Gasteiger partial charge in [0.25, 0.3) is 0 Å². The van der Waals surface area contributed by atoms with Crippen LogP contribution in [0.1, 0.15) is 6.42 Å². The molecule has 1 amide bonds. The van der Waals surface area contributed by atoms with E-state index in [9.17, 15) is 19.2 Å². The summed E-state index contributed by atoms with van der Waals surface area (Å²) in [6.07, 6.45) is 1.05. The minimum atomic E-state index is -1.41. The Kier molecular flexibility index (Phi) is 9.44. The molecule has 1 unspecified atom stereocenters. The summed E-state index contributed by atoms with van der Waals surface area (Å²) in [6, 6.07) is -1.41. The second kappa shape index (κ2) is 9.58.